The van der Waals surface area contributed by atoms with Crippen molar-refractivity contribution in [2.75, 3.05) is 19.8 Å². The van der Waals surface area contributed by atoms with Crippen molar-refractivity contribution in [3.8, 4) is 0 Å². The maximum absolute atomic E-state index is 6.03. The highest BCUT2D eigenvalue weighted by Crippen LogP contribution is 2.32. The molecule has 0 spiro atoms. The second-order valence-electron chi connectivity index (χ2n) is 6.64. The molecule has 0 radical (unpaired) electrons. The average molecular weight is 357 g/mol. The third-order valence-electron chi connectivity index (χ3n) is 4.45. The minimum Gasteiger partial charge on any atom is -0.327 e. The first-order valence-corrected chi connectivity index (χ1v) is 10.8. The standard InChI is InChI=1S/C22H44O3/c1-6-11-13-15-16-18-20-21(19-17-14-12-7-2)22(23-8-3,24-9-4)25-10-5/h17,19,21H,6-16,18,20H2,1-5H3. The summed E-state index contributed by atoms with van der Waals surface area (Å²) in [4.78, 5) is 0. The molecule has 0 aromatic carbocycles. The summed E-state index contributed by atoms with van der Waals surface area (Å²) in [5.74, 6) is -0.778. The van der Waals surface area contributed by atoms with E-state index < -0.39 is 5.97 Å². The summed E-state index contributed by atoms with van der Waals surface area (Å²) in [7, 11) is 0. The Kier molecular flexibility index (Phi) is 16.8. The highest BCUT2D eigenvalue weighted by molar-refractivity contribution is 4.93. The zero-order chi connectivity index (χ0) is 18.8. The van der Waals surface area contributed by atoms with Crippen molar-refractivity contribution in [1.82, 2.24) is 0 Å². The van der Waals surface area contributed by atoms with Gasteiger partial charge in [-0.15, -0.1) is 0 Å². The Hall–Kier alpha value is -0.380. The number of hydrogen-bond donors (Lipinski definition) is 0. The molecule has 0 saturated carbocycles. The van der Waals surface area contributed by atoms with E-state index in [0.717, 1.165) is 12.8 Å². The second kappa shape index (κ2) is 17.1. The Bertz CT molecular complexity index is 285. The predicted molar refractivity (Wildman–Crippen MR) is 108 cm³/mol. The third kappa shape index (κ3) is 11.0. The van der Waals surface area contributed by atoms with Gasteiger partial charge in [-0.05, 0) is 33.6 Å². The molecule has 3 heteroatoms. The van der Waals surface area contributed by atoms with Gasteiger partial charge in [-0.1, -0.05) is 77.4 Å². The molecule has 150 valence electrons. The molecule has 1 atom stereocenters. The van der Waals surface area contributed by atoms with Gasteiger partial charge < -0.3 is 14.2 Å². The minimum absolute atomic E-state index is 0.149. The summed E-state index contributed by atoms with van der Waals surface area (Å²) in [5.41, 5.74) is 0. The number of ether oxygens (including phenoxy) is 3. The highest BCUT2D eigenvalue weighted by atomic mass is 16.9. The second-order valence-corrected chi connectivity index (χ2v) is 6.64. The van der Waals surface area contributed by atoms with Crippen molar-refractivity contribution < 1.29 is 14.2 Å². The van der Waals surface area contributed by atoms with Crippen LogP contribution in [0.1, 0.15) is 98.8 Å². The van der Waals surface area contributed by atoms with Crippen LogP contribution in [-0.2, 0) is 14.2 Å². The van der Waals surface area contributed by atoms with Crippen LogP contribution in [0.3, 0.4) is 0 Å². The average Bonchev–Trinajstić information content (AvgIpc) is 2.60. The maximum atomic E-state index is 6.03. The molecule has 0 aliphatic carbocycles. The van der Waals surface area contributed by atoms with Crippen LogP contribution in [0.4, 0.5) is 0 Å². The SMILES string of the molecule is CCCCC=CC(CCCCCCCC)C(OCC)(OCC)OCC. The number of rotatable bonds is 18. The normalized spacial score (nSPS) is 13.6. The van der Waals surface area contributed by atoms with Crippen molar-refractivity contribution in [2.45, 2.75) is 105 Å². The monoisotopic (exact) mass is 356 g/mol. The molecule has 25 heavy (non-hydrogen) atoms. The van der Waals surface area contributed by atoms with E-state index in [9.17, 15) is 0 Å². The lowest BCUT2D eigenvalue weighted by atomic mass is 9.96. The van der Waals surface area contributed by atoms with Crippen molar-refractivity contribution in [3.05, 3.63) is 12.2 Å². The van der Waals surface area contributed by atoms with E-state index in [0.29, 0.717) is 19.8 Å². The molecule has 0 aliphatic heterocycles. The van der Waals surface area contributed by atoms with Gasteiger partial charge in [0, 0.05) is 19.8 Å². The number of unbranched alkanes of at least 4 members (excludes halogenated alkanes) is 7. The molecule has 0 rings (SSSR count). The maximum Gasteiger partial charge on any atom is 0.289 e. The van der Waals surface area contributed by atoms with Crippen LogP contribution < -0.4 is 0 Å². The van der Waals surface area contributed by atoms with Gasteiger partial charge >= 0.3 is 0 Å². The predicted octanol–water partition coefficient (Wildman–Crippen LogP) is 6.86. The zero-order valence-electron chi connectivity index (χ0n) is 17.6. The summed E-state index contributed by atoms with van der Waals surface area (Å²) in [6, 6.07) is 0. The first-order chi connectivity index (χ1) is 12.2. The van der Waals surface area contributed by atoms with E-state index in [1.54, 1.807) is 0 Å². The molecule has 0 aromatic heterocycles. The quantitative estimate of drug-likeness (QED) is 0.152. The van der Waals surface area contributed by atoms with Crippen LogP contribution in [0.2, 0.25) is 0 Å². The lowest BCUT2D eigenvalue weighted by Crippen LogP contribution is -2.46. The Morgan fingerprint density at radius 1 is 0.680 bits per heavy atom. The molecule has 3 nitrogen and oxygen atoms in total. The van der Waals surface area contributed by atoms with Crippen LogP contribution in [0.5, 0.6) is 0 Å². The van der Waals surface area contributed by atoms with E-state index in [-0.39, 0.29) is 5.92 Å². The van der Waals surface area contributed by atoms with Crippen molar-refractivity contribution in [1.29, 1.82) is 0 Å². The summed E-state index contributed by atoms with van der Waals surface area (Å²) in [6.45, 7) is 12.3. The lowest BCUT2D eigenvalue weighted by Gasteiger charge is -2.38. The first-order valence-electron chi connectivity index (χ1n) is 10.8. The highest BCUT2D eigenvalue weighted by Gasteiger charge is 2.40. The van der Waals surface area contributed by atoms with Crippen LogP contribution in [0.25, 0.3) is 0 Å². The Labute approximate surface area is 157 Å². The lowest BCUT2D eigenvalue weighted by molar-refractivity contribution is -0.395. The van der Waals surface area contributed by atoms with Crippen molar-refractivity contribution >= 4 is 0 Å². The molecule has 0 amide bonds. The van der Waals surface area contributed by atoms with Gasteiger partial charge in [0.15, 0.2) is 0 Å². The molecule has 0 aliphatic rings. The fourth-order valence-electron chi connectivity index (χ4n) is 3.17. The summed E-state index contributed by atoms with van der Waals surface area (Å²) in [6.07, 6.45) is 17.0. The van der Waals surface area contributed by atoms with E-state index in [2.05, 4.69) is 26.0 Å². The minimum atomic E-state index is -0.926. The van der Waals surface area contributed by atoms with Crippen LogP contribution in [0.15, 0.2) is 12.2 Å². The molecule has 1 unspecified atom stereocenters. The zero-order valence-corrected chi connectivity index (χ0v) is 17.6. The number of hydrogen-bond acceptors (Lipinski definition) is 3. The van der Waals surface area contributed by atoms with E-state index in [4.69, 9.17) is 14.2 Å². The largest absolute Gasteiger partial charge is 0.327 e. The van der Waals surface area contributed by atoms with Gasteiger partial charge in [0.05, 0.1) is 5.92 Å². The van der Waals surface area contributed by atoms with Crippen LogP contribution in [0, 0.1) is 5.92 Å². The number of allylic oxidation sites excluding steroid dienone is 1. The summed E-state index contributed by atoms with van der Waals surface area (Å²) in [5, 5.41) is 0. The van der Waals surface area contributed by atoms with Gasteiger partial charge in [0.2, 0.25) is 0 Å². The van der Waals surface area contributed by atoms with E-state index >= 15 is 0 Å². The fraction of sp³-hybridized carbons (Fsp3) is 0.909. The van der Waals surface area contributed by atoms with E-state index in [1.165, 1.54) is 51.4 Å². The van der Waals surface area contributed by atoms with Crippen LogP contribution >= 0.6 is 0 Å². The molecule has 0 N–H and O–H groups in total. The third-order valence-corrected chi connectivity index (χ3v) is 4.45. The van der Waals surface area contributed by atoms with Gasteiger partial charge in [-0.25, -0.2) is 0 Å². The fourth-order valence-corrected chi connectivity index (χ4v) is 3.17. The molecule has 0 saturated heterocycles. The van der Waals surface area contributed by atoms with Crippen molar-refractivity contribution in [2.24, 2.45) is 5.92 Å². The molecule has 0 heterocycles. The van der Waals surface area contributed by atoms with Gasteiger partial charge in [-0.3, -0.25) is 0 Å². The van der Waals surface area contributed by atoms with Gasteiger partial charge in [-0.2, -0.15) is 0 Å². The van der Waals surface area contributed by atoms with E-state index in [1.807, 2.05) is 20.8 Å². The van der Waals surface area contributed by atoms with Gasteiger partial charge in [0.25, 0.3) is 5.97 Å². The molecular formula is C22H44O3. The summed E-state index contributed by atoms with van der Waals surface area (Å²) >= 11 is 0. The van der Waals surface area contributed by atoms with Gasteiger partial charge in [0.1, 0.15) is 0 Å². The van der Waals surface area contributed by atoms with Crippen LogP contribution in [-0.4, -0.2) is 25.8 Å². The molecule has 0 aromatic rings. The Balaban J connectivity index is 4.90. The molecular weight excluding hydrogens is 312 g/mol. The topological polar surface area (TPSA) is 27.7 Å². The molecule has 0 fully saturated rings. The summed E-state index contributed by atoms with van der Waals surface area (Å²) < 4.78 is 18.1. The Morgan fingerprint density at radius 2 is 1.20 bits per heavy atom. The Morgan fingerprint density at radius 3 is 1.72 bits per heavy atom. The smallest absolute Gasteiger partial charge is 0.289 e. The van der Waals surface area contributed by atoms with Crippen molar-refractivity contribution in [3.63, 3.8) is 0 Å². The first kappa shape index (κ1) is 24.6. The molecule has 0 bridgehead atoms.